The molecule has 2 rings (SSSR count). The van der Waals surface area contributed by atoms with E-state index in [0.717, 1.165) is 5.56 Å². The van der Waals surface area contributed by atoms with Gasteiger partial charge in [0.15, 0.2) is 0 Å². The molecular weight excluding hydrogens is 202 g/mol. The van der Waals surface area contributed by atoms with Crippen molar-refractivity contribution in [3.8, 4) is 11.1 Å². The van der Waals surface area contributed by atoms with Crippen molar-refractivity contribution in [3.05, 3.63) is 54.1 Å². The van der Waals surface area contributed by atoms with Gasteiger partial charge in [-0.05, 0) is 29.8 Å². The maximum Gasteiger partial charge on any atom is 0.336 e. The van der Waals surface area contributed by atoms with Crippen LogP contribution in [0.4, 0.5) is 5.69 Å². The van der Waals surface area contributed by atoms with Crippen LogP contribution in [0.2, 0.25) is 0 Å². The minimum Gasteiger partial charge on any atom is -0.478 e. The Morgan fingerprint density at radius 3 is 2.75 bits per heavy atom. The molecule has 1 radical (unpaired) electrons. The second-order valence-corrected chi connectivity index (χ2v) is 3.39. The van der Waals surface area contributed by atoms with Crippen LogP contribution in [-0.2, 0) is 0 Å². The number of benzene rings is 2. The second-order valence-electron chi connectivity index (χ2n) is 3.39. The van der Waals surface area contributed by atoms with E-state index in [9.17, 15) is 4.79 Å². The van der Waals surface area contributed by atoms with Crippen LogP contribution in [-0.4, -0.2) is 11.1 Å². The topological polar surface area (TPSA) is 63.3 Å². The van der Waals surface area contributed by atoms with Gasteiger partial charge in [0.2, 0.25) is 0 Å². The first-order chi connectivity index (χ1) is 7.68. The molecule has 0 saturated heterocycles. The number of rotatable bonds is 2. The van der Waals surface area contributed by atoms with E-state index in [4.69, 9.17) is 10.8 Å². The fourth-order valence-corrected chi connectivity index (χ4v) is 1.55. The zero-order chi connectivity index (χ0) is 11.5. The summed E-state index contributed by atoms with van der Waals surface area (Å²) in [5, 5.41) is 9.05. The fraction of sp³-hybridized carbons (Fsp3) is 0. The predicted octanol–water partition coefficient (Wildman–Crippen LogP) is 2.43. The molecule has 0 aliphatic heterocycles. The average molecular weight is 212 g/mol. The third-order valence-corrected chi connectivity index (χ3v) is 2.26. The zero-order valence-corrected chi connectivity index (χ0v) is 8.47. The summed E-state index contributed by atoms with van der Waals surface area (Å²) in [5.41, 5.74) is 7.81. The molecule has 79 valence electrons. The maximum atomic E-state index is 11.0. The Hall–Kier alpha value is -2.29. The highest BCUT2D eigenvalue weighted by Crippen LogP contribution is 2.24. The van der Waals surface area contributed by atoms with Crippen LogP contribution in [0.25, 0.3) is 11.1 Å². The quantitative estimate of drug-likeness (QED) is 0.751. The first-order valence-corrected chi connectivity index (χ1v) is 4.78. The number of hydrogen-bond acceptors (Lipinski definition) is 2. The fourth-order valence-electron chi connectivity index (χ4n) is 1.55. The first kappa shape index (κ1) is 10.2. The predicted molar refractivity (Wildman–Crippen MR) is 62.1 cm³/mol. The van der Waals surface area contributed by atoms with Crippen LogP contribution in [0.15, 0.2) is 42.5 Å². The van der Waals surface area contributed by atoms with Crippen LogP contribution < -0.4 is 5.73 Å². The van der Waals surface area contributed by atoms with Gasteiger partial charge in [0, 0.05) is 11.3 Å². The highest BCUT2D eigenvalue weighted by Gasteiger charge is 2.10. The van der Waals surface area contributed by atoms with E-state index in [2.05, 4.69) is 6.07 Å². The van der Waals surface area contributed by atoms with Crippen molar-refractivity contribution >= 4 is 11.7 Å². The van der Waals surface area contributed by atoms with E-state index in [1.807, 2.05) is 6.07 Å². The van der Waals surface area contributed by atoms with Crippen LogP contribution in [0.5, 0.6) is 0 Å². The molecule has 0 unspecified atom stereocenters. The summed E-state index contributed by atoms with van der Waals surface area (Å²) in [6.07, 6.45) is 0. The van der Waals surface area contributed by atoms with E-state index in [0.29, 0.717) is 11.3 Å². The normalized spacial score (nSPS) is 10.0. The highest BCUT2D eigenvalue weighted by atomic mass is 16.4. The molecule has 0 saturated carbocycles. The maximum absolute atomic E-state index is 11.0. The molecular formula is C13H10NO2. The van der Waals surface area contributed by atoms with Crippen LogP contribution in [0, 0.1) is 6.07 Å². The minimum atomic E-state index is -0.964. The molecule has 3 N–H and O–H groups in total. The minimum absolute atomic E-state index is 0.230. The summed E-state index contributed by atoms with van der Waals surface area (Å²) in [6.45, 7) is 0. The molecule has 0 aliphatic rings. The van der Waals surface area contributed by atoms with Crippen LogP contribution >= 0.6 is 0 Å². The van der Waals surface area contributed by atoms with Gasteiger partial charge in [0.05, 0.1) is 5.56 Å². The van der Waals surface area contributed by atoms with Gasteiger partial charge in [-0.2, -0.15) is 0 Å². The molecule has 2 aromatic carbocycles. The molecule has 0 spiro atoms. The third-order valence-electron chi connectivity index (χ3n) is 2.26. The van der Waals surface area contributed by atoms with Crippen molar-refractivity contribution in [1.29, 1.82) is 0 Å². The third kappa shape index (κ3) is 1.88. The molecule has 2 aromatic rings. The number of nitrogen functional groups attached to an aromatic ring is 1. The lowest BCUT2D eigenvalue weighted by molar-refractivity contribution is 0.0697. The van der Waals surface area contributed by atoms with Crippen molar-refractivity contribution in [2.24, 2.45) is 0 Å². The Morgan fingerprint density at radius 1 is 1.25 bits per heavy atom. The molecule has 0 amide bonds. The molecule has 0 atom stereocenters. The van der Waals surface area contributed by atoms with Crippen molar-refractivity contribution in [2.45, 2.75) is 0 Å². The van der Waals surface area contributed by atoms with Crippen molar-refractivity contribution in [2.75, 3.05) is 5.73 Å². The lowest BCUT2D eigenvalue weighted by Gasteiger charge is -2.05. The van der Waals surface area contributed by atoms with Crippen LogP contribution in [0.3, 0.4) is 0 Å². The molecule has 3 heteroatoms. The highest BCUT2D eigenvalue weighted by molar-refractivity contribution is 5.96. The first-order valence-electron chi connectivity index (χ1n) is 4.78. The molecule has 0 aliphatic carbocycles. The molecule has 16 heavy (non-hydrogen) atoms. The lowest BCUT2D eigenvalue weighted by atomic mass is 9.99. The van der Waals surface area contributed by atoms with E-state index in [1.165, 1.54) is 0 Å². The number of nitrogens with two attached hydrogens (primary N) is 1. The number of hydrogen-bond donors (Lipinski definition) is 2. The van der Waals surface area contributed by atoms with Gasteiger partial charge in [0.25, 0.3) is 0 Å². The lowest BCUT2D eigenvalue weighted by Crippen LogP contribution is -1.99. The number of aromatic carboxylic acids is 1. The summed E-state index contributed by atoms with van der Waals surface area (Å²) < 4.78 is 0. The second kappa shape index (κ2) is 4.06. The summed E-state index contributed by atoms with van der Waals surface area (Å²) in [4.78, 5) is 11.0. The van der Waals surface area contributed by atoms with Gasteiger partial charge in [0.1, 0.15) is 0 Å². The average Bonchev–Trinajstić information content (AvgIpc) is 2.29. The van der Waals surface area contributed by atoms with Gasteiger partial charge >= 0.3 is 5.97 Å². The smallest absolute Gasteiger partial charge is 0.336 e. The van der Waals surface area contributed by atoms with Crippen molar-refractivity contribution in [3.63, 3.8) is 0 Å². The largest absolute Gasteiger partial charge is 0.478 e. The van der Waals surface area contributed by atoms with Gasteiger partial charge in [-0.15, -0.1) is 0 Å². The van der Waals surface area contributed by atoms with Crippen LogP contribution in [0.1, 0.15) is 10.4 Å². The molecule has 0 bridgehead atoms. The van der Waals surface area contributed by atoms with Gasteiger partial charge in [-0.3, -0.25) is 0 Å². The van der Waals surface area contributed by atoms with E-state index in [-0.39, 0.29) is 5.56 Å². The molecule has 0 aromatic heterocycles. The Bertz CT molecular complexity index is 535. The number of carboxylic acid groups (broad SMARTS) is 1. The number of carboxylic acids is 1. The van der Waals surface area contributed by atoms with Crippen molar-refractivity contribution < 1.29 is 9.90 Å². The monoisotopic (exact) mass is 212 g/mol. The Morgan fingerprint density at radius 2 is 2.06 bits per heavy atom. The Balaban J connectivity index is 2.60. The Kier molecular flexibility index (Phi) is 2.60. The van der Waals surface area contributed by atoms with Gasteiger partial charge in [-0.25, -0.2) is 4.79 Å². The van der Waals surface area contributed by atoms with E-state index >= 15 is 0 Å². The molecule has 0 fully saturated rings. The number of carbonyl (C=O) groups is 1. The van der Waals surface area contributed by atoms with Crippen molar-refractivity contribution in [1.82, 2.24) is 0 Å². The SMILES string of the molecule is Nc1cccc(-c2[c]cccc2C(=O)O)c1. The van der Waals surface area contributed by atoms with E-state index in [1.54, 1.807) is 36.4 Å². The Labute approximate surface area is 93.1 Å². The number of anilines is 1. The summed E-state index contributed by atoms with van der Waals surface area (Å²) in [7, 11) is 0. The van der Waals surface area contributed by atoms with Gasteiger partial charge in [-0.1, -0.05) is 24.3 Å². The van der Waals surface area contributed by atoms with E-state index < -0.39 is 5.97 Å². The zero-order valence-electron chi connectivity index (χ0n) is 8.47. The summed E-state index contributed by atoms with van der Waals surface area (Å²) in [5.74, 6) is -0.964. The molecule has 0 heterocycles. The summed E-state index contributed by atoms with van der Waals surface area (Å²) >= 11 is 0. The summed E-state index contributed by atoms with van der Waals surface area (Å²) in [6, 6.07) is 14.9. The van der Waals surface area contributed by atoms with Gasteiger partial charge < -0.3 is 10.8 Å². The standard InChI is InChI=1S/C13H10NO2/c14-10-5-3-4-9(8-10)11-6-1-2-7-12(11)13(15)16/h1-5,7-8H,14H2,(H,15,16). The molecule has 3 nitrogen and oxygen atoms in total.